The molecular weight excluding hydrogens is 188 g/mol. The molecule has 5 heteroatoms. The summed E-state index contributed by atoms with van der Waals surface area (Å²) in [6.07, 6.45) is -0.256. The van der Waals surface area contributed by atoms with Gasteiger partial charge < -0.3 is 19.3 Å². The van der Waals surface area contributed by atoms with Crippen molar-refractivity contribution in [2.75, 3.05) is 33.5 Å². The third-order valence-corrected chi connectivity index (χ3v) is 1.62. The average Bonchev–Trinajstić information content (AvgIpc) is 2.16. The van der Waals surface area contributed by atoms with E-state index in [0.29, 0.717) is 32.8 Å². The van der Waals surface area contributed by atoms with Crippen LogP contribution >= 0.6 is 0 Å². The number of aliphatic carboxylic acids is 1. The molecule has 0 aromatic carbocycles. The van der Waals surface area contributed by atoms with Gasteiger partial charge in [-0.05, 0) is 6.42 Å². The van der Waals surface area contributed by atoms with Crippen LogP contribution in [0.25, 0.3) is 0 Å². The normalized spacial score (nSPS) is 12.7. The van der Waals surface area contributed by atoms with Crippen LogP contribution in [-0.2, 0) is 19.0 Å². The van der Waals surface area contributed by atoms with E-state index in [9.17, 15) is 4.79 Å². The molecule has 0 aromatic rings. The Morgan fingerprint density at radius 1 is 1.29 bits per heavy atom. The number of hydrogen-bond acceptors (Lipinski definition) is 4. The van der Waals surface area contributed by atoms with Gasteiger partial charge in [0.15, 0.2) is 6.10 Å². The minimum Gasteiger partial charge on any atom is -0.479 e. The van der Waals surface area contributed by atoms with Crippen LogP contribution in [0.1, 0.15) is 13.3 Å². The van der Waals surface area contributed by atoms with Crippen LogP contribution in [0.3, 0.4) is 0 Å². The van der Waals surface area contributed by atoms with E-state index in [0.717, 1.165) is 0 Å². The molecular formula is C9H18O5. The highest BCUT2D eigenvalue weighted by Gasteiger charge is 2.14. The molecule has 0 spiro atoms. The van der Waals surface area contributed by atoms with E-state index in [1.165, 1.54) is 0 Å². The molecule has 0 aromatic heterocycles. The molecule has 1 N–H and O–H groups in total. The smallest absolute Gasteiger partial charge is 0.332 e. The number of carbonyl (C=O) groups is 1. The summed E-state index contributed by atoms with van der Waals surface area (Å²) < 4.78 is 14.9. The van der Waals surface area contributed by atoms with Crippen molar-refractivity contribution in [1.29, 1.82) is 0 Å². The van der Waals surface area contributed by atoms with Crippen LogP contribution in [0.15, 0.2) is 0 Å². The van der Waals surface area contributed by atoms with Gasteiger partial charge in [0, 0.05) is 7.11 Å². The summed E-state index contributed by atoms with van der Waals surface area (Å²) in [4.78, 5) is 10.5. The highest BCUT2D eigenvalue weighted by molar-refractivity contribution is 5.72. The molecule has 0 saturated heterocycles. The Balaban J connectivity index is 3.29. The van der Waals surface area contributed by atoms with Gasteiger partial charge in [-0.2, -0.15) is 0 Å². The van der Waals surface area contributed by atoms with E-state index in [1.807, 2.05) is 0 Å². The molecule has 0 rings (SSSR count). The predicted molar refractivity (Wildman–Crippen MR) is 50.4 cm³/mol. The van der Waals surface area contributed by atoms with E-state index in [-0.39, 0.29) is 0 Å². The maximum Gasteiger partial charge on any atom is 0.332 e. The minimum absolute atomic E-state index is 0.300. The second kappa shape index (κ2) is 8.93. The molecule has 0 aliphatic heterocycles. The van der Waals surface area contributed by atoms with Gasteiger partial charge >= 0.3 is 5.97 Å². The number of rotatable bonds is 9. The zero-order valence-corrected chi connectivity index (χ0v) is 8.69. The molecule has 1 atom stereocenters. The number of hydrogen-bond donors (Lipinski definition) is 1. The fourth-order valence-electron chi connectivity index (χ4n) is 0.857. The number of carboxylic acid groups (broad SMARTS) is 1. The summed E-state index contributed by atoms with van der Waals surface area (Å²) in [5.74, 6) is -0.926. The van der Waals surface area contributed by atoms with Gasteiger partial charge in [0.2, 0.25) is 0 Å². The lowest BCUT2D eigenvalue weighted by Gasteiger charge is -2.11. The lowest BCUT2D eigenvalue weighted by Crippen LogP contribution is -2.24. The zero-order chi connectivity index (χ0) is 10.8. The van der Waals surface area contributed by atoms with Gasteiger partial charge in [0.25, 0.3) is 0 Å². The summed E-state index contributed by atoms with van der Waals surface area (Å²) >= 11 is 0. The van der Waals surface area contributed by atoms with Crippen LogP contribution < -0.4 is 0 Å². The van der Waals surface area contributed by atoms with Crippen LogP contribution in [0.4, 0.5) is 0 Å². The standard InChI is InChI=1S/C9H18O5/c1-3-8(9(10)11)14-7-6-13-5-4-12-2/h8H,3-7H2,1-2H3,(H,10,11). The predicted octanol–water partition coefficient (Wildman–Crippen LogP) is 0.529. The number of methoxy groups -OCH3 is 1. The van der Waals surface area contributed by atoms with Gasteiger partial charge in [0.05, 0.1) is 26.4 Å². The van der Waals surface area contributed by atoms with Crippen LogP contribution in [-0.4, -0.2) is 50.7 Å². The Labute approximate surface area is 84.0 Å². The van der Waals surface area contributed by atoms with E-state index in [2.05, 4.69) is 0 Å². The molecule has 84 valence electrons. The van der Waals surface area contributed by atoms with E-state index in [1.54, 1.807) is 14.0 Å². The first-order valence-electron chi connectivity index (χ1n) is 4.63. The molecule has 0 bridgehead atoms. The Morgan fingerprint density at radius 3 is 2.43 bits per heavy atom. The summed E-state index contributed by atoms with van der Waals surface area (Å²) in [6, 6.07) is 0. The fraction of sp³-hybridized carbons (Fsp3) is 0.889. The summed E-state index contributed by atoms with van der Waals surface area (Å²) in [5, 5.41) is 8.63. The number of carboxylic acids is 1. The first kappa shape index (κ1) is 13.4. The maximum atomic E-state index is 10.5. The first-order valence-corrected chi connectivity index (χ1v) is 4.63. The van der Waals surface area contributed by atoms with Gasteiger partial charge in [-0.1, -0.05) is 6.92 Å². The molecule has 0 amide bonds. The van der Waals surface area contributed by atoms with Crippen molar-refractivity contribution in [3.8, 4) is 0 Å². The third kappa shape index (κ3) is 6.82. The molecule has 14 heavy (non-hydrogen) atoms. The molecule has 0 saturated carbocycles. The molecule has 5 nitrogen and oxygen atoms in total. The van der Waals surface area contributed by atoms with Crippen LogP contribution in [0, 0.1) is 0 Å². The van der Waals surface area contributed by atoms with Crippen molar-refractivity contribution < 1.29 is 24.1 Å². The molecule has 0 aliphatic carbocycles. The lowest BCUT2D eigenvalue weighted by atomic mass is 10.3. The molecule has 0 fully saturated rings. The van der Waals surface area contributed by atoms with Crippen molar-refractivity contribution in [1.82, 2.24) is 0 Å². The third-order valence-electron chi connectivity index (χ3n) is 1.62. The fourth-order valence-corrected chi connectivity index (χ4v) is 0.857. The molecule has 0 aliphatic rings. The second-order valence-electron chi connectivity index (χ2n) is 2.71. The van der Waals surface area contributed by atoms with Crippen molar-refractivity contribution in [3.05, 3.63) is 0 Å². The monoisotopic (exact) mass is 206 g/mol. The Kier molecular flexibility index (Phi) is 8.51. The van der Waals surface area contributed by atoms with Crippen molar-refractivity contribution in [3.63, 3.8) is 0 Å². The van der Waals surface area contributed by atoms with Crippen molar-refractivity contribution in [2.45, 2.75) is 19.4 Å². The molecule has 0 radical (unpaired) electrons. The molecule has 0 heterocycles. The minimum atomic E-state index is -0.926. The van der Waals surface area contributed by atoms with E-state index >= 15 is 0 Å². The van der Waals surface area contributed by atoms with Gasteiger partial charge in [-0.3, -0.25) is 0 Å². The van der Waals surface area contributed by atoms with Crippen LogP contribution in [0.5, 0.6) is 0 Å². The van der Waals surface area contributed by atoms with Crippen molar-refractivity contribution >= 4 is 5.97 Å². The summed E-state index contributed by atoms with van der Waals surface area (Å²) in [6.45, 7) is 3.51. The zero-order valence-electron chi connectivity index (χ0n) is 8.69. The van der Waals surface area contributed by atoms with E-state index in [4.69, 9.17) is 19.3 Å². The quantitative estimate of drug-likeness (QED) is 0.557. The van der Waals surface area contributed by atoms with Crippen molar-refractivity contribution in [2.24, 2.45) is 0 Å². The maximum absolute atomic E-state index is 10.5. The summed E-state index contributed by atoms with van der Waals surface area (Å²) in [7, 11) is 1.59. The topological polar surface area (TPSA) is 65.0 Å². The highest BCUT2D eigenvalue weighted by atomic mass is 16.6. The largest absolute Gasteiger partial charge is 0.479 e. The van der Waals surface area contributed by atoms with Gasteiger partial charge in [-0.25, -0.2) is 4.79 Å². The molecule has 1 unspecified atom stereocenters. The van der Waals surface area contributed by atoms with Gasteiger partial charge in [-0.15, -0.1) is 0 Å². The first-order chi connectivity index (χ1) is 6.72. The highest BCUT2D eigenvalue weighted by Crippen LogP contribution is 1.97. The SMILES string of the molecule is CCC(OCCOCCOC)C(=O)O. The lowest BCUT2D eigenvalue weighted by molar-refractivity contribution is -0.151. The summed E-state index contributed by atoms with van der Waals surface area (Å²) in [5.41, 5.74) is 0. The Hall–Kier alpha value is -0.650. The van der Waals surface area contributed by atoms with Crippen LogP contribution in [0.2, 0.25) is 0 Å². The Bertz CT molecular complexity index is 148. The number of ether oxygens (including phenoxy) is 3. The van der Waals surface area contributed by atoms with Gasteiger partial charge in [0.1, 0.15) is 0 Å². The van der Waals surface area contributed by atoms with E-state index < -0.39 is 12.1 Å². The average molecular weight is 206 g/mol. The Morgan fingerprint density at radius 2 is 1.93 bits per heavy atom. The second-order valence-corrected chi connectivity index (χ2v) is 2.71.